The van der Waals surface area contributed by atoms with Crippen LogP contribution in [0.4, 0.5) is 11.4 Å². The summed E-state index contributed by atoms with van der Waals surface area (Å²) >= 11 is 0. The molecule has 0 radical (unpaired) electrons. The normalized spacial score (nSPS) is 14.9. The van der Waals surface area contributed by atoms with Gasteiger partial charge in [-0.15, -0.1) is 0 Å². The van der Waals surface area contributed by atoms with E-state index < -0.39 is 0 Å². The molecule has 0 aliphatic heterocycles. The lowest BCUT2D eigenvalue weighted by Crippen LogP contribution is -2.11. The van der Waals surface area contributed by atoms with Crippen molar-refractivity contribution < 1.29 is 0 Å². The van der Waals surface area contributed by atoms with Crippen molar-refractivity contribution in [2.75, 3.05) is 0 Å². The Kier molecular flexibility index (Phi) is 6.62. The van der Waals surface area contributed by atoms with Crippen LogP contribution in [0.1, 0.15) is 72.2 Å². The van der Waals surface area contributed by atoms with Gasteiger partial charge in [-0.1, -0.05) is 88.4 Å². The topological polar surface area (TPSA) is 24.7 Å². The van der Waals surface area contributed by atoms with Gasteiger partial charge in [0.1, 0.15) is 0 Å². The van der Waals surface area contributed by atoms with Gasteiger partial charge in [0, 0.05) is 16.5 Å². The van der Waals surface area contributed by atoms with Crippen molar-refractivity contribution in [2.24, 2.45) is 9.98 Å². The molecule has 0 aromatic heterocycles. The van der Waals surface area contributed by atoms with Gasteiger partial charge in [-0.05, 0) is 78.3 Å². The second-order valence-corrected chi connectivity index (χ2v) is 9.79. The Labute approximate surface area is 215 Å². The van der Waals surface area contributed by atoms with Gasteiger partial charge in [-0.2, -0.15) is 0 Å². The van der Waals surface area contributed by atoms with Crippen LogP contribution in [0, 0.1) is 13.8 Å². The molecule has 5 rings (SSSR count). The first kappa shape index (κ1) is 24.2. The summed E-state index contributed by atoms with van der Waals surface area (Å²) in [6.45, 7) is 13.3. The molecule has 0 saturated heterocycles. The van der Waals surface area contributed by atoms with Crippen molar-refractivity contribution in [1.82, 2.24) is 0 Å². The fraction of sp³-hybridized carbons (Fsp3) is 0.294. The number of aryl methyl sites for hydroxylation is 6. The fourth-order valence-corrected chi connectivity index (χ4v) is 5.69. The lowest BCUT2D eigenvalue weighted by molar-refractivity contribution is 1.08. The molecule has 4 aromatic rings. The summed E-state index contributed by atoms with van der Waals surface area (Å²) in [6, 6.07) is 22.2. The summed E-state index contributed by atoms with van der Waals surface area (Å²) < 4.78 is 0. The molecule has 0 fully saturated rings. The maximum Gasteiger partial charge on any atom is 0.0979 e. The van der Waals surface area contributed by atoms with Gasteiger partial charge >= 0.3 is 0 Å². The van der Waals surface area contributed by atoms with Crippen LogP contribution in [-0.4, -0.2) is 11.4 Å². The van der Waals surface area contributed by atoms with E-state index in [4.69, 9.17) is 9.98 Å². The smallest absolute Gasteiger partial charge is 0.0979 e. The molecule has 2 nitrogen and oxygen atoms in total. The molecule has 1 aliphatic carbocycles. The third-order valence-electron chi connectivity index (χ3n) is 7.69. The van der Waals surface area contributed by atoms with E-state index in [1.165, 1.54) is 55.3 Å². The van der Waals surface area contributed by atoms with E-state index in [-0.39, 0.29) is 0 Å². The summed E-state index contributed by atoms with van der Waals surface area (Å²) in [5.74, 6) is 0. The predicted molar refractivity (Wildman–Crippen MR) is 156 cm³/mol. The van der Waals surface area contributed by atoms with Crippen LogP contribution in [-0.2, 0) is 25.7 Å². The maximum atomic E-state index is 5.47. The van der Waals surface area contributed by atoms with Crippen LogP contribution in [0.25, 0.3) is 10.8 Å². The first-order valence-electron chi connectivity index (χ1n) is 13.4. The molecule has 0 saturated carbocycles. The van der Waals surface area contributed by atoms with Crippen molar-refractivity contribution in [3.8, 4) is 0 Å². The Hall–Kier alpha value is -3.52. The van der Waals surface area contributed by atoms with Crippen LogP contribution < -0.4 is 0 Å². The number of hydrogen-bond donors (Lipinski definition) is 0. The Morgan fingerprint density at radius 2 is 0.833 bits per heavy atom. The quantitative estimate of drug-likeness (QED) is 0.267. The van der Waals surface area contributed by atoms with Crippen LogP contribution in [0.3, 0.4) is 0 Å². The summed E-state index contributed by atoms with van der Waals surface area (Å²) in [7, 11) is 0. The van der Waals surface area contributed by atoms with E-state index in [0.717, 1.165) is 48.5 Å². The zero-order valence-electron chi connectivity index (χ0n) is 22.5. The second kappa shape index (κ2) is 9.85. The average molecular weight is 473 g/mol. The predicted octanol–water partition coefficient (Wildman–Crippen LogP) is 8.96. The lowest BCUT2D eigenvalue weighted by atomic mass is 9.96. The van der Waals surface area contributed by atoms with Crippen molar-refractivity contribution in [1.29, 1.82) is 0 Å². The minimum atomic E-state index is 0.959. The van der Waals surface area contributed by atoms with Crippen molar-refractivity contribution >= 4 is 33.6 Å². The molecule has 0 amide bonds. The third-order valence-corrected chi connectivity index (χ3v) is 7.69. The molecule has 2 heteroatoms. The van der Waals surface area contributed by atoms with Gasteiger partial charge < -0.3 is 0 Å². The van der Waals surface area contributed by atoms with Crippen LogP contribution in [0.5, 0.6) is 0 Å². The minimum absolute atomic E-state index is 0.959. The van der Waals surface area contributed by atoms with Gasteiger partial charge in [-0.3, -0.25) is 0 Å². The van der Waals surface area contributed by atoms with Gasteiger partial charge in [-0.25, -0.2) is 9.98 Å². The molecule has 0 heterocycles. The van der Waals surface area contributed by atoms with Gasteiger partial charge in [0.2, 0.25) is 0 Å². The zero-order chi connectivity index (χ0) is 25.4. The molecule has 0 N–H and O–H groups in total. The highest BCUT2D eigenvalue weighted by Crippen LogP contribution is 2.39. The number of rotatable bonds is 6. The highest BCUT2D eigenvalue weighted by molar-refractivity contribution is 6.61. The van der Waals surface area contributed by atoms with Crippen LogP contribution in [0.2, 0.25) is 0 Å². The van der Waals surface area contributed by atoms with E-state index in [1.54, 1.807) is 0 Å². The minimum Gasteiger partial charge on any atom is -0.246 e. The summed E-state index contributed by atoms with van der Waals surface area (Å²) in [4.78, 5) is 10.9. The molecule has 36 heavy (non-hydrogen) atoms. The Bertz CT molecular complexity index is 1380. The van der Waals surface area contributed by atoms with E-state index in [1.807, 2.05) is 0 Å². The molecule has 0 spiro atoms. The summed E-state index contributed by atoms with van der Waals surface area (Å²) in [6.07, 6.45) is 3.84. The Morgan fingerprint density at radius 3 is 1.17 bits per heavy atom. The van der Waals surface area contributed by atoms with E-state index in [2.05, 4.69) is 102 Å². The molecule has 0 atom stereocenters. The first-order chi connectivity index (χ1) is 17.5. The monoisotopic (exact) mass is 472 g/mol. The number of aliphatic imine (C=N–C) groups is 2. The van der Waals surface area contributed by atoms with Crippen LogP contribution in [0.15, 0.2) is 70.6 Å². The standard InChI is InChI=1S/C34H36N2/c1-7-23-13-11-14-24(8-2)31(23)35-33-27-19-17-21(5)29-22(6)18-20-28(30(27)29)34(33)36-32-25(9-3)15-12-16-26(32)10-4/h11-20H,7-10H2,1-6H3/b35-33+,36-34+. The fourth-order valence-electron chi connectivity index (χ4n) is 5.69. The second-order valence-electron chi connectivity index (χ2n) is 9.79. The number of nitrogens with zero attached hydrogens (tertiary/aromatic N) is 2. The molecule has 1 aliphatic rings. The van der Waals surface area contributed by atoms with Gasteiger partial charge in [0.05, 0.1) is 22.8 Å². The van der Waals surface area contributed by atoms with Gasteiger partial charge in [0.15, 0.2) is 0 Å². The van der Waals surface area contributed by atoms with Crippen molar-refractivity contribution in [3.05, 3.63) is 105 Å². The first-order valence-corrected chi connectivity index (χ1v) is 13.4. The highest BCUT2D eigenvalue weighted by Gasteiger charge is 2.29. The third kappa shape index (κ3) is 3.89. The molecular formula is C34H36N2. The molecular weight excluding hydrogens is 436 g/mol. The van der Waals surface area contributed by atoms with Gasteiger partial charge in [0.25, 0.3) is 0 Å². The summed E-state index contributed by atoms with van der Waals surface area (Å²) in [5, 5.41) is 2.63. The SMILES string of the molecule is CCc1cccc(CC)c1/N=C1/C(=N/c2c(CC)cccc2CC)c2ccc(C)c3c(C)ccc1c23. The molecule has 0 unspecified atom stereocenters. The van der Waals surface area contributed by atoms with E-state index >= 15 is 0 Å². The Balaban J connectivity index is 1.89. The highest BCUT2D eigenvalue weighted by atomic mass is 14.8. The zero-order valence-corrected chi connectivity index (χ0v) is 22.5. The van der Waals surface area contributed by atoms with E-state index in [9.17, 15) is 0 Å². The van der Waals surface area contributed by atoms with E-state index in [0.29, 0.717) is 0 Å². The molecule has 0 bridgehead atoms. The molecule has 4 aromatic carbocycles. The molecule has 182 valence electrons. The number of benzene rings is 4. The number of hydrogen-bond acceptors (Lipinski definition) is 2. The largest absolute Gasteiger partial charge is 0.246 e. The van der Waals surface area contributed by atoms with Crippen molar-refractivity contribution in [3.63, 3.8) is 0 Å². The average Bonchev–Trinajstić information content (AvgIpc) is 3.19. The maximum absolute atomic E-state index is 5.47. The summed E-state index contributed by atoms with van der Waals surface area (Å²) in [5.41, 5.74) is 14.4. The van der Waals surface area contributed by atoms with Crippen molar-refractivity contribution in [2.45, 2.75) is 67.2 Å². The Morgan fingerprint density at radius 1 is 0.472 bits per heavy atom. The lowest BCUT2D eigenvalue weighted by Gasteiger charge is -2.13. The number of para-hydroxylation sites is 2. The van der Waals surface area contributed by atoms with Crippen LogP contribution >= 0.6 is 0 Å².